The maximum atomic E-state index is 13.2. The molecule has 3 heterocycles. The van der Waals surface area contributed by atoms with E-state index in [4.69, 9.17) is 9.47 Å². The van der Waals surface area contributed by atoms with E-state index in [1.807, 2.05) is 162 Å². The molecule has 102 heavy (non-hydrogen) atoms. The van der Waals surface area contributed by atoms with Gasteiger partial charge in [-0.2, -0.15) is 13.2 Å². The van der Waals surface area contributed by atoms with Gasteiger partial charge in [0.2, 0.25) is 5.91 Å². The first kappa shape index (κ1) is 69.3. The van der Waals surface area contributed by atoms with Crippen molar-refractivity contribution < 1.29 is 75.1 Å². The lowest BCUT2D eigenvalue weighted by molar-refractivity contribution is -0.274. The molecule has 0 aliphatic heterocycles. The number of anilines is 1. The van der Waals surface area contributed by atoms with Gasteiger partial charge in [-0.25, -0.2) is 14.4 Å². The van der Waals surface area contributed by atoms with Gasteiger partial charge < -0.3 is 48.1 Å². The van der Waals surface area contributed by atoms with Gasteiger partial charge >= 0.3 is 30.4 Å². The number of rotatable bonds is 21. The number of aromatic nitrogens is 3. The van der Waals surface area contributed by atoms with Crippen molar-refractivity contribution in [3.8, 4) is 50.6 Å². The van der Waals surface area contributed by atoms with Crippen molar-refractivity contribution in [2.45, 2.75) is 80.8 Å². The third kappa shape index (κ3) is 15.7. The zero-order valence-corrected chi connectivity index (χ0v) is 56.1. The maximum Gasteiger partial charge on any atom is 0.573 e. The van der Waals surface area contributed by atoms with Crippen LogP contribution in [0.5, 0.6) is 17.2 Å². The van der Waals surface area contributed by atoms with Gasteiger partial charge in [-0.3, -0.25) is 4.79 Å². The molecule has 0 saturated heterocycles. The number of fused-ring (bicyclic) bond motifs is 3. The summed E-state index contributed by atoms with van der Waals surface area (Å²) in [5, 5.41) is 33.7. The number of para-hydroxylation sites is 3. The number of benzene rings is 9. The number of nitrogens with zero attached hydrogens (tertiary/aromatic N) is 4. The number of hydrogen-bond donors (Lipinski definition) is 3. The van der Waals surface area contributed by atoms with Crippen molar-refractivity contribution in [1.29, 1.82) is 0 Å². The average molecular weight is 1400 g/mol. The largest absolute Gasteiger partial charge is 0.573 e. The zero-order chi connectivity index (χ0) is 71.6. The number of thioether (sulfide) groups is 1. The lowest BCUT2D eigenvalue weighted by Crippen LogP contribution is -2.27. The van der Waals surface area contributed by atoms with Gasteiger partial charge in [0, 0.05) is 97.8 Å². The molecule has 0 radical (unpaired) electrons. The number of carbonyl (C=O) groups excluding carboxylic acids is 1. The fourth-order valence-corrected chi connectivity index (χ4v) is 13.9. The van der Waals surface area contributed by atoms with Crippen LogP contribution in [0.1, 0.15) is 92.2 Å². The number of methoxy groups -OCH3 is 1. The lowest BCUT2D eigenvalue weighted by Gasteiger charge is -2.18. The number of hydrogen-bond acceptors (Lipinski definition) is 8. The topological polar surface area (TPSA) is 175 Å². The molecule has 3 N–H and O–H groups in total. The minimum absolute atomic E-state index is 0.0156. The Bertz CT molecular complexity index is 5130. The second-order valence-corrected chi connectivity index (χ2v) is 26.9. The standard InChI is InChI=1S/C28H26N2O4.C27H22F3NO4.C26H20F3NO2S/c1-29(27(31)19-13-14-19)21-9-6-8-20(16-21)25-23-11-3-4-12-24(23)30(26(25)28(32)33)17-18-7-5-10-22(15-18)34-2;28-27(29,30)35-21-5-3-4-18(14-21)15-31-23-7-2-1-6-22(23)24(25(31)26(32)33)19-10-12-20(13-11-19)34-16-17-8-9-17;27-26(28,29)18-5-3-4-16(14-18)15-30-22-7-2-1-6-21(22)23(24(30)25(31)32)17-8-10-19(11-9-17)33-20-12-13-20/h3-12,15-16,19H,13-14,17H2,1-2H3,(H,32,33);1-7,10-14,17H,8-9,15-16H2,(H,32,33);1-11,14,20H,12-13,15H2,(H,31,32). The van der Waals surface area contributed by atoms with E-state index in [2.05, 4.69) is 4.74 Å². The third-order valence-electron chi connectivity index (χ3n) is 18.1. The first-order valence-corrected chi connectivity index (χ1v) is 34.0. The van der Waals surface area contributed by atoms with Crippen LogP contribution >= 0.6 is 11.8 Å². The van der Waals surface area contributed by atoms with Gasteiger partial charge in [0.1, 0.15) is 34.3 Å². The molecular formula is C81H68F6N4O10S. The summed E-state index contributed by atoms with van der Waals surface area (Å²) < 4.78 is 97.9. The van der Waals surface area contributed by atoms with Gasteiger partial charge in [0.05, 0.1) is 19.3 Å². The van der Waals surface area contributed by atoms with Crippen LogP contribution in [0.25, 0.3) is 66.1 Å². The maximum absolute atomic E-state index is 13.2. The Morgan fingerprint density at radius 1 is 0.480 bits per heavy atom. The van der Waals surface area contributed by atoms with Crippen molar-refractivity contribution in [2.24, 2.45) is 11.8 Å². The molecule has 1 amide bonds. The highest BCUT2D eigenvalue weighted by Crippen LogP contribution is 2.44. The molecule has 0 atom stereocenters. The van der Waals surface area contributed by atoms with Gasteiger partial charge in [-0.15, -0.1) is 24.9 Å². The van der Waals surface area contributed by atoms with E-state index >= 15 is 0 Å². The van der Waals surface area contributed by atoms with E-state index in [1.54, 1.807) is 64.6 Å². The second-order valence-electron chi connectivity index (χ2n) is 25.5. The number of carboxylic acid groups (broad SMARTS) is 3. The van der Waals surface area contributed by atoms with E-state index < -0.39 is 36.0 Å². The van der Waals surface area contributed by atoms with Gasteiger partial charge in [-0.1, -0.05) is 127 Å². The number of carbonyl (C=O) groups is 4. The summed E-state index contributed by atoms with van der Waals surface area (Å²) in [6.45, 7) is 1.14. The normalized spacial score (nSPS) is 13.6. The number of carboxylic acids is 3. The van der Waals surface area contributed by atoms with E-state index in [1.165, 1.54) is 49.9 Å². The van der Waals surface area contributed by atoms with Crippen LogP contribution in [0.4, 0.5) is 32.0 Å². The third-order valence-corrected chi connectivity index (χ3v) is 19.5. The summed E-state index contributed by atoms with van der Waals surface area (Å²) in [4.78, 5) is 52.9. The highest BCUT2D eigenvalue weighted by molar-refractivity contribution is 8.00. The predicted octanol–water partition coefficient (Wildman–Crippen LogP) is 19.5. The molecule has 3 aliphatic rings. The van der Waals surface area contributed by atoms with Crippen molar-refractivity contribution in [2.75, 3.05) is 25.7 Å². The van der Waals surface area contributed by atoms with Gasteiger partial charge in [0.15, 0.2) is 0 Å². The van der Waals surface area contributed by atoms with Crippen LogP contribution in [0.15, 0.2) is 223 Å². The molecule has 3 saturated carbocycles. The van der Waals surface area contributed by atoms with Crippen LogP contribution in [0.2, 0.25) is 0 Å². The molecule has 15 rings (SSSR count). The Labute approximate surface area is 586 Å². The van der Waals surface area contributed by atoms with E-state index in [-0.39, 0.29) is 47.7 Å². The van der Waals surface area contributed by atoms with Crippen molar-refractivity contribution in [1.82, 2.24) is 13.7 Å². The number of halogens is 6. The first-order valence-electron chi connectivity index (χ1n) is 33.1. The first-order chi connectivity index (χ1) is 49.1. The Morgan fingerprint density at radius 2 is 0.931 bits per heavy atom. The molecule has 3 fully saturated rings. The summed E-state index contributed by atoms with van der Waals surface area (Å²) >= 11 is 1.82. The molecule has 3 aromatic heterocycles. The van der Waals surface area contributed by atoms with Gasteiger partial charge in [-0.05, 0) is 169 Å². The summed E-state index contributed by atoms with van der Waals surface area (Å²) in [7, 11) is 3.40. The molecule has 3 aliphatic carbocycles. The number of ether oxygens (including phenoxy) is 3. The minimum Gasteiger partial charge on any atom is -0.497 e. The summed E-state index contributed by atoms with van der Waals surface area (Å²) in [6, 6.07) is 63.3. The Balaban J connectivity index is 0.000000137. The van der Waals surface area contributed by atoms with Crippen LogP contribution in [0, 0.1) is 11.8 Å². The Morgan fingerprint density at radius 3 is 1.39 bits per heavy atom. The molecule has 0 bridgehead atoms. The second kappa shape index (κ2) is 29.2. The Kier molecular flexibility index (Phi) is 19.8. The van der Waals surface area contributed by atoms with E-state index in [0.29, 0.717) is 68.7 Å². The molecule has 14 nitrogen and oxygen atoms in total. The van der Waals surface area contributed by atoms with E-state index in [9.17, 15) is 60.8 Å². The Hall–Kier alpha value is -11.2. The van der Waals surface area contributed by atoms with Crippen LogP contribution in [-0.4, -0.2) is 85.2 Å². The monoisotopic (exact) mass is 1400 g/mol. The fraction of sp³-hybridized carbons (Fsp3) is 0.210. The van der Waals surface area contributed by atoms with Crippen molar-refractivity contribution >= 4 is 74.0 Å². The molecule has 12 aromatic rings. The summed E-state index contributed by atoms with van der Waals surface area (Å²) in [5.74, 6) is -1.33. The zero-order valence-electron chi connectivity index (χ0n) is 55.3. The SMILES string of the molecule is COc1cccc(Cn2c(C(=O)O)c(-c3cccc(N(C)C(=O)C4CC4)c3)c3ccccc32)c1.O=C(O)c1c(-c2ccc(OCC3CC3)cc2)c2ccccc2n1Cc1cccc(OC(F)(F)F)c1.O=C(O)c1c(-c2ccc(SC3CC3)cc2)c2ccccc2n1Cc1cccc(C(F)(F)F)c1. The van der Waals surface area contributed by atoms with Crippen LogP contribution in [-0.2, 0) is 30.6 Å². The van der Waals surface area contributed by atoms with Crippen LogP contribution < -0.4 is 19.1 Å². The quantitative estimate of drug-likeness (QED) is 0.0584. The minimum atomic E-state index is -4.81. The van der Waals surface area contributed by atoms with Crippen molar-refractivity contribution in [3.63, 3.8) is 0 Å². The number of alkyl halides is 6. The van der Waals surface area contributed by atoms with E-state index in [0.717, 1.165) is 85.4 Å². The molecule has 9 aromatic carbocycles. The molecule has 21 heteroatoms. The smallest absolute Gasteiger partial charge is 0.497 e. The number of amides is 1. The average Bonchev–Trinajstić information content (AvgIpc) is 1.61. The predicted molar refractivity (Wildman–Crippen MR) is 381 cm³/mol. The highest BCUT2D eigenvalue weighted by atomic mass is 32.2. The van der Waals surface area contributed by atoms with Crippen LogP contribution in [0.3, 0.4) is 0 Å². The molecular weight excluding hydrogens is 1330 g/mol. The lowest BCUT2D eigenvalue weighted by atomic mass is 10.0. The molecule has 0 spiro atoms. The van der Waals surface area contributed by atoms with Crippen molar-refractivity contribution in [3.05, 3.63) is 258 Å². The molecule has 520 valence electrons. The molecule has 0 unspecified atom stereocenters. The summed E-state index contributed by atoms with van der Waals surface area (Å²) in [6.07, 6.45) is -2.59. The van der Waals surface area contributed by atoms with Gasteiger partial charge in [0.25, 0.3) is 0 Å². The fourth-order valence-electron chi connectivity index (χ4n) is 12.8. The number of aromatic carboxylic acids is 3. The highest BCUT2D eigenvalue weighted by Gasteiger charge is 2.35. The summed E-state index contributed by atoms with van der Waals surface area (Å²) in [5.41, 5.74) is 8.35.